The van der Waals surface area contributed by atoms with Crippen molar-refractivity contribution in [3.05, 3.63) is 89.1 Å². The first kappa shape index (κ1) is 28.1. The van der Waals surface area contributed by atoms with E-state index in [0.29, 0.717) is 18.2 Å². The predicted octanol–water partition coefficient (Wildman–Crippen LogP) is 8.60. The second-order valence-corrected chi connectivity index (χ2v) is 11.4. The van der Waals surface area contributed by atoms with Crippen molar-refractivity contribution in [2.24, 2.45) is 0 Å². The summed E-state index contributed by atoms with van der Waals surface area (Å²) in [5.41, 5.74) is 7.29. The van der Waals surface area contributed by atoms with E-state index in [9.17, 15) is 4.79 Å². The Balaban J connectivity index is 1.46. The molecule has 0 saturated heterocycles. The Labute approximate surface area is 241 Å². The Morgan fingerprint density at radius 2 is 1.68 bits per heavy atom. The van der Waals surface area contributed by atoms with E-state index >= 15 is 0 Å². The molecule has 0 aliphatic heterocycles. The second-order valence-electron chi connectivity index (χ2n) is 11.4. The third-order valence-electron chi connectivity index (χ3n) is 6.95. The number of aromatic nitrogens is 3. The largest absolute Gasteiger partial charge is 0.514 e. The highest BCUT2D eigenvalue weighted by atomic mass is 16.7. The predicted molar refractivity (Wildman–Crippen MR) is 161 cm³/mol. The minimum absolute atomic E-state index is 0.459. The fraction of sp³-hybridized carbons (Fsp3) is 0.324. The average molecular weight is 552 g/mol. The van der Waals surface area contributed by atoms with Crippen LogP contribution in [-0.2, 0) is 17.7 Å². The quantitative estimate of drug-likeness (QED) is 0.149. The summed E-state index contributed by atoms with van der Waals surface area (Å²) >= 11 is 0. The first-order chi connectivity index (χ1) is 19.5. The summed E-state index contributed by atoms with van der Waals surface area (Å²) in [6.45, 7) is 14.3. The summed E-state index contributed by atoms with van der Waals surface area (Å²) in [6, 6.07) is 20.1. The molecule has 0 unspecified atom stereocenters. The molecule has 0 aliphatic rings. The van der Waals surface area contributed by atoms with Gasteiger partial charge >= 0.3 is 6.16 Å². The molecule has 0 radical (unpaired) electrons. The zero-order valence-corrected chi connectivity index (χ0v) is 24.9. The van der Waals surface area contributed by atoms with Gasteiger partial charge in [-0.25, -0.2) is 14.8 Å². The van der Waals surface area contributed by atoms with Crippen LogP contribution in [0.4, 0.5) is 4.79 Å². The van der Waals surface area contributed by atoms with Gasteiger partial charge in [0.25, 0.3) is 0 Å². The standard InChI is InChI=1S/C34H37N3O4/c1-8-11-30-36-31-21(2)18-26(32-35-22(3)23(4)39-32)19-28(31)37(30)20-24-14-16-25(17-15-24)27-12-9-10-13-29(27)40-33(38)41-34(5,6)7/h9-10,12-19H,8,11,20H2,1-7H3. The summed E-state index contributed by atoms with van der Waals surface area (Å²) in [4.78, 5) is 22.0. The number of benzene rings is 3. The van der Waals surface area contributed by atoms with Gasteiger partial charge in [0.15, 0.2) is 0 Å². The normalized spacial score (nSPS) is 11.7. The van der Waals surface area contributed by atoms with Gasteiger partial charge in [-0.1, -0.05) is 49.4 Å². The first-order valence-electron chi connectivity index (χ1n) is 14.1. The number of oxazole rings is 1. The summed E-state index contributed by atoms with van der Waals surface area (Å²) in [6.07, 6.45) is 1.16. The molecule has 0 amide bonds. The van der Waals surface area contributed by atoms with Gasteiger partial charge in [0.05, 0.1) is 16.7 Å². The number of para-hydroxylation sites is 1. The number of aryl methyl sites for hydroxylation is 4. The minimum atomic E-state index is -0.721. The second kappa shape index (κ2) is 11.2. The Hall–Kier alpha value is -4.39. The van der Waals surface area contributed by atoms with Crippen LogP contribution in [0.25, 0.3) is 33.6 Å². The number of hydrogen-bond donors (Lipinski definition) is 0. The van der Waals surface area contributed by atoms with E-state index in [4.69, 9.17) is 18.9 Å². The molecule has 41 heavy (non-hydrogen) atoms. The summed E-state index contributed by atoms with van der Waals surface area (Å²) < 4.78 is 19.2. The average Bonchev–Trinajstić information content (AvgIpc) is 3.43. The lowest BCUT2D eigenvalue weighted by Gasteiger charge is -2.19. The van der Waals surface area contributed by atoms with Gasteiger partial charge < -0.3 is 18.5 Å². The summed E-state index contributed by atoms with van der Waals surface area (Å²) in [7, 11) is 0. The molecule has 0 spiro atoms. The molecule has 0 atom stereocenters. The van der Waals surface area contributed by atoms with E-state index < -0.39 is 11.8 Å². The Bertz CT molecular complexity index is 1690. The topological polar surface area (TPSA) is 79.4 Å². The highest BCUT2D eigenvalue weighted by molar-refractivity contribution is 5.84. The number of nitrogens with zero attached hydrogens (tertiary/aromatic N) is 3. The van der Waals surface area contributed by atoms with E-state index in [0.717, 1.165) is 69.0 Å². The van der Waals surface area contributed by atoms with E-state index in [-0.39, 0.29) is 0 Å². The molecule has 2 heterocycles. The molecule has 0 saturated carbocycles. The molecule has 2 aromatic heterocycles. The molecule has 212 valence electrons. The molecule has 3 aromatic carbocycles. The van der Waals surface area contributed by atoms with Gasteiger partial charge in [-0.2, -0.15) is 0 Å². The van der Waals surface area contributed by atoms with Crippen molar-refractivity contribution in [1.29, 1.82) is 0 Å². The molecule has 5 rings (SSSR count). The number of rotatable bonds is 7. The molecule has 0 fully saturated rings. The van der Waals surface area contributed by atoms with E-state index in [2.05, 4.69) is 59.8 Å². The van der Waals surface area contributed by atoms with Crippen molar-refractivity contribution < 1.29 is 18.7 Å². The van der Waals surface area contributed by atoms with Gasteiger partial charge in [0.2, 0.25) is 5.89 Å². The van der Waals surface area contributed by atoms with Crippen LogP contribution >= 0.6 is 0 Å². The highest BCUT2D eigenvalue weighted by Crippen LogP contribution is 2.32. The zero-order valence-electron chi connectivity index (χ0n) is 24.9. The van der Waals surface area contributed by atoms with Crippen molar-refractivity contribution >= 4 is 17.2 Å². The number of imidazole rings is 1. The zero-order chi connectivity index (χ0) is 29.3. The number of hydrogen-bond acceptors (Lipinski definition) is 6. The Morgan fingerprint density at radius 1 is 0.951 bits per heavy atom. The minimum Gasteiger partial charge on any atom is -0.441 e. The van der Waals surface area contributed by atoms with Crippen molar-refractivity contribution in [1.82, 2.24) is 14.5 Å². The van der Waals surface area contributed by atoms with Crippen LogP contribution in [0.3, 0.4) is 0 Å². The smallest absolute Gasteiger partial charge is 0.441 e. The van der Waals surface area contributed by atoms with Crippen LogP contribution in [0.15, 0.2) is 65.1 Å². The molecule has 7 heteroatoms. The number of ether oxygens (including phenoxy) is 2. The van der Waals surface area contributed by atoms with Gasteiger partial charge in [0.1, 0.15) is 22.9 Å². The number of carbonyl (C=O) groups is 1. The maximum Gasteiger partial charge on any atom is 0.514 e. The highest BCUT2D eigenvalue weighted by Gasteiger charge is 2.20. The molecule has 0 bridgehead atoms. The van der Waals surface area contributed by atoms with Gasteiger partial charge in [-0.15, -0.1) is 0 Å². The number of carbonyl (C=O) groups excluding carboxylic acids is 1. The van der Waals surface area contributed by atoms with Crippen molar-refractivity contribution in [2.75, 3.05) is 0 Å². The third kappa shape index (κ3) is 6.19. The Kier molecular flexibility index (Phi) is 7.72. The maximum absolute atomic E-state index is 12.3. The monoisotopic (exact) mass is 551 g/mol. The van der Waals surface area contributed by atoms with Crippen LogP contribution in [0.5, 0.6) is 5.75 Å². The van der Waals surface area contributed by atoms with E-state index in [1.807, 2.05) is 52.8 Å². The third-order valence-corrected chi connectivity index (χ3v) is 6.95. The lowest BCUT2D eigenvalue weighted by Crippen LogP contribution is -2.26. The summed E-state index contributed by atoms with van der Waals surface area (Å²) in [5.74, 6) is 2.98. The molecular weight excluding hydrogens is 514 g/mol. The number of fused-ring (bicyclic) bond motifs is 1. The Morgan fingerprint density at radius 3 is 2.34 bits per heavy atom. The summed E-state index contributed by atoms with van der Waals surface area (Å²) in [5, 5.41) is 0. The van der Waals surface area contributed by atoms with Crippen LogP contribution in [0.1, 0.15) is 62.5 Å². The molecule has 0 aliphatic carbocycles. The molecule has 7 nitrogen and oxygen atoms in total. The maximum atomic E-state index is 12.3. The van der Waals surface area contributed by atoms with E-state index in [1.54, 1.807) is 6.07 Å². The van der Waals surface area contributed by atoms with Crippen molar-refractivity contribution in [3.8, 4) is 28.3 Å². The van der Waals surface area contributed by atoms with E-state index in [1.165, 1.54) is 0 Å². The van der Waals surface area contributed by atoms with Gasteiger partial charge in [0, 0.05) is 24.1 Å². The van der Waals surface area contributed by atoms with Crippen molar-refractivity contribution in [3.63, 3.8) is 0 Å². The van der Waals surface area contributed by atoms with Gasteiger partial charge in [-0.05, 0) is 82.9 Å². The van der Waals surface area contributed by atoms with Crippen LogP contribution in [0.2, 0.25) is 0 Å². The van der Waals surface area contributed by atoms with Gasteiger partial charge in [-0.3, -0.25) is 0 Å². The molecular formula is C34H37N3O4. The lowest BCUT2D eigenvalue weighted by molar-refractivity contribution is 0.0207. The molecule has 5 aromatic rings. The first-order valence-corrected chi connectivity index (χ1v) is 14.1. The SMILES string of the molecule is CCCc1nc2c(C)cc(-c3nc(C)c(C)o3)cc2n1Cc1ccc(-c2ccccc2OC(=O)OC(C)(C)C)cc1. The van der Waals surface area contributed by atoms with Crippen LogP contribution in [0, 0.1) is 20.8 Å². The van der Waals surface area contributed by atoms with Crippen LogP contribution in [-0.4, -0.2) is 26.3 Å². The fourth-order valence-corrected chi connectivity index (χ4v) is 4.88. The van der Waals surface area contributed by atoms with Crippen LogP contribution < -0.4 is 4.74 Å². The lowest BCUT2D eigenvalue weighted by atomic mass is 10.0. The van der Waals surface area contributed by atoms with Crippen molar-refractivity contribution in [2.45, 2.75) is 73.5 Å². The fourth-order valence-electron chi connectivity index (χ4n) is 4.88. The molecule has 0 N–H and O–H groups in total.